The van der Waals surface area contributed by atoms with Crippen molar-refractivity contribution >= 4 is 12.0 Å². The molecule has 0 heterocycles. The average molecular weight is 361 g/mol. The fourth-order valence-corrected chi connectivity index (χ4v) is 3.58. The summed E-state index contributed by atoms with van der Waals surface area (Å²) < 4.78 is 0. The third-order valence-electron chi connectivity index (χ3n) is 5.11. The lowest BCUT2D eigenvalue weighted by molar-refractivity contribution is -0.139. The van der Waals surface area contributed by atoms with Gasteiger partial charge in [0.25, 0.3) is 0 Å². The molecule has 2 amide bonds. The molecule has 0 bridgehead atoms. The highest BCUT2D eigenvalue weighted by molar-refractivity contribution is 5.74. The molecule has 0 aromatic heterocycles. The van der Waals surface area contributed by atoms with E-state index < -0.39 is 5.97 Å². The van der Waals surface area contributed by atoms with Crippen LogP contribution in [-0.4, -0.2) is 53.2 Å². The molecule has 3 N–H and O–H groups in total. The third kappa shape index (κ3) is 5.73. The molecule has 1 aliphatic rings. The van der Waals surface area contributed by atoms with Crippen molar-refractivity contribution in [2.45, 2.75) is 65.1 Å². The van der Waals surface area contributed by atoms with Crippen molar-refractivity contribution in [1.82, 2.24) is 15.5 Å². The number of rotatable bonds is 8. The van der Waals surface area contributed by atoms with Crippen LogP contribution in [0.3, 0.4) is 0 Å². The zero-order chi connectivity index (χ0) is 19.3. The molecule has 0 saturated heterocycles. The van der Waals surface area contributed by atoms with Crippen molar-refractivity contribution in [2.24, 2.45) is 0 Å². The number of likely N-dealkylation sites (N-methyl/N-ethyl adjacent to an activating group) is 1. The molecule has 6 nitrogen and oxygen atoms in total. The predicted octanol–water partition coefficient (Wildman–Crippen LogP) is 2.47. The van der Waals surface area contributed by atoms with Gasteiger partial charge in [-0.25, -0.2) is 4.79 Å². The topological polar surface area (TPSA) is 81.7 Å². The number of aliphatic carboxylic acids is 1. The Morgan fingerprint density at radius 2 is 2.00 bits per heavy atom. The molecular weight excluding hydrogens is 330 g/mol. The number of hydrogen-bond acceptors (Lipinski definition) is 3. The molecule has 144 valence electrons. The van der Waals surface area contributed by atoms with E-state index in [2.05, 4.69) is 42.7 Å². The largest absolute Gasteiger partial charge is 0.480 e. The highest BCUT2D eigenvalue weighted by Gasteiger charge is 2.34. The Morgan fingerprint density at radius 3 is 2.58 bits per heavy atom. The summed E-state index contributed by atoms with van der Waals surface area (Å²) in [5.41, 5.74) is 3.74. The lowest BCUT2D eigenvalue weighted by Gasteiger charge is -2.42. The van der Waals surface area contributed by atoms with E-state index in [9.17, 15) is 9.59 Å². The summed E-state index contributed by atoms with van der Waals surface area (Å²) in [5, 5.41) is 14.9. The normalized spacial score (nSPS) is 20.3. The van der Waals surface area contributed by atoms with E-state index >= 15 is 0 Å². The van der Waals surface area contributed by atoms with E-state index in [1.165, 1.54) is 16.7 Å². The number of amides is 2. The molecular formula is C20H31N3O3. The van der Waals surface area contributed by atoms with Gasteiger partial charge in [-0.05, 0) is 57.7 Å². The SMILES string of the molecule is CCN(CC(=O)O)C1CC(NC(=O)NC(C)Cc2ccc(C)cc2C)C1. The van der Waals surface area contributed by atoms with Crippen LogP contribution in [0.4, 0.5) is 4.79 Å². The first-order chi connectivity index (χ1) is 12.3. The summed E-state index contributed by atoms with van der Waals surface area (Å²) in [6, 6.07) is 6.65. The van der Waals surface area contributed by atoms with Crippen molar-refractivity contribution < 1.29 is 14.7 Å². The van der Waals surface area contributed by atoms with E-state index in [1.54, 1.807) is 0 Å². The number of nitrogens with one attached hydrogen (secondary N) is 2. The molecule has 1 aliphatic carbocycles. The quantitative estimate of drug-likeness (QED) is 0.664. The average Bonchev–Trinajstić information content (AvgIpc) is 2.51. The predicted molar refractivity (Wildman–Crippen MR) is 102 cm³/mol. The van der Waals surface area contributed by atoms with E-state index in [0.717, 1.165) is 19.3 Å². The number of benzene rings is 1. The summed E-state index contributed by atoms with van der Waals surface area (Å²) >= 11 is 0. The van der Waals surface area contributed by atoms with Crippen molar-refractivity contribution in [3.63, 3.8) is 0 Å². The summed E-state index contributed by atoms with van der Waals surface area (Å²) in [7, 11) is 0. The molecule has 1 atom stereocenters. The van der Waals surface area contributed by atoms with Gasteiger partial charge in [0.1, 0.15) is 0 Å². The van der Waals surface area contributed by atoms with E-state index in [-0.39, 0.29) is 30.7 Å². The molecule has 0 spiro atoms. The summed E-state index contributed by atoms with van der Waals surface area (Å²) in [6.07, 6.45) is 2.41. The van der Waals surface area contributed by atoms with Crippen LogP contribution in [0.5, 0.6) is 0 Å². The first-order valence-electron chi connectivity index (χ1n) is 9.37. The minimum absolute atomic E-state index is 0.0476. The monoisotopic (exact) mass is 361 g/mol. The number of urea groups is 1. The van der Waals surface area contributed by atoms with Crippen LogP contribution < -0.4 is 10.6 Å². The standard InChI is InChI=1S/C20H31N3O3/c1-5-23(12-19(24)25)18-10-17(11-18)22-20(26)21-15(4)9-16-7-6-13(2)8-14(16)3/h6-8,15,17-18H,5,9-12H2,1-4H3,(H,24,25)(H2,21,22,26). The number of aryl methyl sites for hydroxylation is 2. The molecule has 1 unspecified atom stereocenters. The number of hydrogen-bond donors (Lipinski definition) is 3. The van der Waals surface area contributed by atoms with Crippen molar-refractivity contribution in [3.8, 4) is 0 Å². The molecule has 26 heavy (non-hydrogen) atoms. The number of carbonyl (C=O) groups excluding carboxylic acids is 1. The van der Waals surface area contributed by atoms with Crippen LogP contribution in [0, 0.1) is 13.8 Å². The number of carbonyl (C=O) groups is 2. The van der Waals surface area contributed by atoms with Crippen LogP contribution >= 0.6 is 0 Å². The minimum atomic E-state index is -0.804. The van der Waals surface area contributed by atoms with Gasteiger partial charge in [-0.15, -0.1) is 0 Å². The second kappa shape index (κ2) is 9.03. The Labute approximate surface area is 156 Å². The Morgan fingerprint density at radius 1 is 1.31 bits per heavy atom. The van der Waals surface area contributed by atoms with E-state index in [1.807, 2.05) is 18.7 Å². The maximum atomic E-state index is 12.2. The minimum Gasteiger partial charge on any atom is -0.480 e. The fourth-order valence-electron chi connectivity index (χ4n) is 3.58. The first kappa shape index (κ1) is 20.2. The highest BCUT2D eigenvalue weighted by atomic mass is 16.4. The third-order valence-corrected chi connectivity index (χ3v) is 5.11. The molecule has 2 rings (SSSR count). The van der Waals surface area contributed by atoms with Gasteiger partial charge in [-0.2, -0.15) is 0 Å². The molecule has 1 aromatic carbocycles. The van der Waals surface area contributed by atoms with Gasteiger partial charge in [0.2, 0.25) is 0 Å². The lowest BCUT2D eigenvalue weighted by atomic mass is 9.85. The Balaban J connectivity index is 1.73. The van der Waals surface area contributed by atoms with Gasteiger partial charge >= 0.3 is 12.0 Å². The molecule has 1 saturated carbocycles. The first-order valence-corrected chi connectivity index (χ1v) is 9.37. The zero-order valence-corrected chi connectivity index (χ0v) is 16.2. The molecule has 1 fully saturated rings. The summed E-state index contributed by atoms with van der Waals surface area (Å²) in [4.78, 5) is 25.0. The smallest absolute Gasteiger partial charge is 0.317 e. The van der Waals surface area contributed by atoms with E-state index in [0.29, 0.717) is 6.54 Å². The van der Waals surface area contributed by atoms with Crippen molar-refractivity contribution in [1.29, 1.82) is 0 Å². The molecule has 6 heteroatoms. The van der Waals surface area contributed by atoms with Gasteiger partial charge in [0.15, 0.2) is 0 Å². The van der Waals surface area contributed by atoms with Gasteiger partial charge in [-0.1, -0.05) is 30.7 Å². The van der Waals surface area contributed by atoms with Crippen LogP contribution in [0.15, 0.2) is 18.2 Å². The number of nitrogens with zero attached hydrogens (tertiary/aromatic N) is 1. The van der Waals surface area contributed by atoms with Crippen LogP contribution in [0.25, 0.3) is 0 Å². The summed E-state index contributed by atoms with van der Waals surface area (Å²) in [5.74, 6) is -0.804. The molecule has 1 aromatic rings. The maximum Gasteiger partial charge on any atom is 0.317 e. The maximum absolute atomic E-state index is 12.2. The zero-order valence-electron chi connectivity index (χ0n) is 16.2. The second-order valence-electron chi connectivity index (χ2n) is 7.43. The molecule has 0 aliphatic heterocycles. The summed E-state index contributed by atoms with van der Waals surface area (Å²) in [6.45, 7) is 8.92. The Hall–Kier alpha value is -2.08. The van der Waals surface area contributed by atoms with Gasteiger partial charge in [-0.3, -0.25) is 9.69 Å². The van der Waals surface area contributed by atoms with Crippen LogP contribution in [-0.2, 0) is 11.2 Å². The van der Waals surface area contributed by atoms with Gasteiger partial charge < -0.3 is 15.7 Å². The number of carboxylic acids is 1. The van der Waals surface area contributed by atoms with Crippen LogP contribution in [0.2, 0.25) is 0 Å². The van der Waals surface area contributed by atoms with Crippen molar-refractivity contribution in [2.75, 3.05) is 13.1 Å². The highest BCUT2D eigenvalue weighted by Crippen LogP contribution is 2.25. The Kier molecular flexibility index (Phi) is 7.03. The fraction of sp³-hybridized carbons (Fsp3) is 0.600. The Bertz CT molecular complexity index is 641. The van der Waals surface area contributed by atoms with Crippen molar-refractivity contribution in [3.05, 3.63) is 34.9 Å². The van der Waals surface area contributed by atoms with E-state index in [4.69, 9.17) is 5.11 Å². The van der Waals surface area contributed by atoms with Gasteiger partial charge in [0.05, 0.1) is 6.54 Å². The lowest BCUT2D eigenvalue weighted by Crippen LogP contribution is -2.57. The number of carboxylic acid groups (broad SMARTS) is 1. The van der Waals surface area contributed by atoms with Crippen LogP contribution in [0.1, 0.15) is 43.4 Å². The van der Waals surface area contributed by atoms with Gasteiger partial charge in [0, 0.05) is 18.1 Å². The second-order valence-corrected chi connectivity index (χ2v) is 7.43. The molecule has 0 radical (unpaired) electrons.